The number of aromatic hydroxyl groups is 1. The topological polar surface area (TPSA) is 285 Å². The zero-order valence-electron chi connectivity index (χ0n) is 39.4. The van der Waals surface area contributed by atoms with E-state index in [1.54, 1.807) is 24.4 Å². The predicted molar refractivity (Wildman–Crippen MR) is 272 cm³/mol. The number of carbonyl (C=O) groups excluding carboxylic acids is 5. The molecule has 2 fully saturated rings. The van der Waals surface area contributed by atoms with Crippen molar-refractivity contribution in [3.05, 3.63) is 114 Å². The van der Waals surface area contributed by atoms with E-state index in [4.69, 9.17) is 16.9 Å². The average molecular weight is 955 g/mol. The molecule has 1 aliphatic carbocycles. The smallest absolute Gasteiger partial charge is 0.243 e. The number of nitrogens with two attached hydrogens (primary N) is 2. The van der Waals surface area contributed by atoms with Crippen LogP contribution in [-0.2, 0) is 36.8 Å². The van der Waals surface area contributed by atoms with E-state index in [9.17, 15) is 29.1 Å². The standard InChI is InChI=1S/C52H66N12O6/c53-38-10-6-9-36(28-38)48(67)62-46(29-37-31-58-43-21-20-41(65)30-42(37)43)51(70)63-45(27-33-12-14-35(15-13-33)34-7-2-1-3-8-34)50(69)61-44(11-4-5-22-57-52(54)55)49(68)59-32-47(66)60-39-16-18-40(19-17-39)64-25-23-56-24-26-64/h1-3,7-8,12-21,30-31,36,38,44-46,56,58,65H,4-6,9-11,22-29,32,53H2,(H,59,68)(H,60,66)(H,61,69)(H,62,67)(H,63,70)(H4,54,55,57)/t36-,38-,44-,45-,46-/m0/s1. The van der Waals surface area contributed by atoms with Crippen LogP contribution in [0.4, 0.5) is 11.4 Å². The van der Waals surface area contributed by atoms with Crippen molar-refractivity contribution in [1.82, 2.24) is 36.9 Å². The van der Waals surface area contributed by atoms with Gasteiger partial charge in [-0.05, 0) is 103 Å². The highest BCUT2D eigenvalue weighted by molar-refractivity contribution is 5.98. The molecular formula is C52H66N12O6. The van der Waals surface area contributed by atoms with Crippen LogP contribution in [-0.4, -0.2) is 109 Å². The summed E-state index contributed by atoms with van der Waals surface area (Å²) in [5.74, 6) is -3.22. The number of H-pyrrole nitrogens is 1. The maximum atomic E-state index is 14.7. The number of aromatic amines is 1. The van der Waals surface area contributed by atoms with Crippen molar-refractivity contribution < 1.29 is 29.1 Å². The zero-order chi connectivity index (χ0) is 49.4. The van der Waals surface area contributed by atoms with Gasteiger partial charge in [0.25, 0.3) is 0 Å². The third kappa shape index (κ3) is 14.5. The first kappa shape index (κ1) is 50.4. The average Bonchev–Trinajstić information content (AvgIpc) is 3.76. The van der Waals surface area contributed by atoms with Crippen LogP contribution in [0.25, 0.3) is 22.0 Å². The monoisotopic (exact) mass is 955 g/mol. The second-order valence-corrected chi connectivity index (χ2v) is 18.2. The number of benzene rings is 4. The van der Waals surface area contributed by atoms with Gasteiger partial charge in [0.2, 0.25) is 29.5 Å². The molecule has 2 aliphatic rings. The normalized spacial score (nSPS) is 17.1. The molecule has 1 aromatic heterocycles. The van der Waals surface area contributed by atoms with Crippen molar-refractivity contribution in [3.63, 3.8) is 0 Å². The van der Waals surface area contributed by atoms with Crippen LogP contribution < -0.4 is 53.6 Å². The molecule has 70 heavy (non-hydrogen) atoms. The van der Waals surface area contributed by atoms with E-state index in [2.05, 4.69) is 47.1 Å². The number of nitrogens with one attached hydrogen (secondary N) is 9. The third-order valence-electron chi connectivity index (χ3n) is 13.0. The highest BCUT2D eigenvalue weighted by Crippen LogP contribution is 2.27. The molecule has 1 aliphatic heterocycles. The van der Waals surface area contributed by atoms with Gasteiger partial charge < -0.3 is 63.7 Å². The van der Waals surface area contributed by atoms with E-state index in [0.717, 1.165) is 66.9 Å². The fourth-order valence-electron chi connectivity index (χ4n) is 9.11. The van der Waals surface area contributed by atoms with Crippen LogP contribution in [0, 0.1) is 11.3 Å². The van der Waals surface area contributed by atoms with Crippen LogP contribution >= 0.6 is 0 Å². The number of nitrogens with zero attached hydrogens (tertiary/aromatic N) is 1. The Morgan fingerprint density at radius 2 is 1.47 bits per heavy atom. The van der Waals surface area contributed by atoms with Gasteiger partial charge in [-0.3, -0.25) is 29.4 Å². The lowest BCUT2D eigenvalue weighted by Crippen LogP contribution is -2.58. The number of fused-ring (bicyclic) bond motifs is 1. The molecule has 370 valence electrons. The van der Waals surface area contributed by atoms with Crippen LogP contribution in [0.1, 0.15) is 56.1 Å². The van der Waals surface area contributed by atoms with Crippen LogP contribution in [0.15, 0.2) is 103 Å². The Hall–Kier alpha value is -7.44. The number of piperazine rings is 1. The second kappa shape index (κ2) is 24.7. The predicted octanol–water partition coefficient (Wildman–Crippen LogP) is 3.12. The van der Waals surface area contributed by atoms with Crippen molar-refractivity contribution >= 4 is 57.8 Å². The Morgan fingerprint density at radius 1 is 0.771 bits per heavy atom. The van der Waals surface area contributed by atoms with Crippen molar-refractivity contribution in [2.45, 2.75) is 82.0 Å². The van der Waals surface area contributed by atoms with E-state index in [0.29, 0.717) is 48.9 Å². The summed E-state index contributed by atoms with van der Waals surface area (Å²) in [4.78, 5) is 75.8. The number of guanidine groups is 1. The molecule has 0 unspecified atom stereocenters. The summed E-state index contributed by atoms with van der Waals surface area (Å²) in [6, 6.07) is 26.2. The summed E-state index contributed by atoms with van der Waals surface area (Å²) >= 11 is 0. The Kier molecular flexibility index (Phi) is 17.8. The van der Waals surface area contributed by atoms with Gasteiger partial charge >= 0.3 is 0 Å². The fourth-order valence-corrected chi connectivity index (χ4v) is 9.11. The number of rotatable bonds is 21. The minimum Gasteiger partial charge on any atom is -0.508 e. The molecule has 18 heteroatoms. The van der Waals surface area contributed by atoms with Gasteiger partial charge in [-0.2, -0.15) is 0 Å². The number of phenolic OH excluding ortho intramolecular Hbond substituents is 1. The molecule has 1 saturated heterocycles. The van der Waals surface area contributed by atoms with Crippen LogP contribution in [0.2, 0.25) is 0 Å². The molecule has 2 heterocycles. The summed E-state index contributed by atoms with van der Waals surface area (Å²) in [6.07, 6.45) is 5.58. The molecule has 0 radical (unpaired) electrons. The molecule has 4 aromatic carbocycles. The molecule has 14 N–H and O–H groups in total. The lowest BCUT2D eigenvalue weighted by Gasteiger charge is -2.29. The van der Waals surface area contributed by atoms with E-state index in [1.807, 2.05) is 78.9 Å². The summed E-state index contributed by atoms with van der Waals surface area (Å²) in [5, 5.41) is 38.9. The SMILES string of the molecule is N=C(N)NCCCC[C@H](NC(=O)[C@H](Cc1ccc(-c2ccccc2)cc1)NC(=O)[C@H](Cc1c[nH]c2ccc(O)cc12)NC(=O)[C@H]1CCC[C@H](N)C1)C(=O)NCC(=O)Nc1ccc(N2CCNCC2)cc1. The fraction of sp³-hybridized carbons (Fsp3) is 0.385. The molecule has 5 amide bonds. The highest BCUT2D eigenvalue weighted by Gasteiger charge is 2.33. The number of hydrogen-bond acceptors (Lipinski definition) is 10. The number of anilines is 2. The highest BCUT2D eigenvalue weighted by atomic mass is 16.3. The quantitative estimate of drug-likeness (QED) is 0.0288. The third-order valence-corrected chi connectivity index (χ3v) is 13.0. The largest absolute Gasteiger partial charge is 0.508 e. The molecule has 0 spiro atoms. The van der Waals surface area contributed by atoms with Gasteiger partial charge in [0.1, 0.15) is 23.9 Å². The van der Waals surface area contributed by atoms with Gasteiger partial charge in [-0.25, -0.2) is 0 Å². The van der Waals surface area contributed by atoms with Crippen molar-refractivity contribution in [3.8, 4) is 16.9 Å². The molecule has 5 aromatic rings. The minimum absolute atomic E-state index is 0.0263. The Morgan fingerprint density at radius 3 is 2.19 bits per heavy atom. The summed E-state index contributed by atoms with van der Waals surface area (Å²) in [5.41, 5.74) is 17.4. The maximum Gasteiger partial charge on any atom is 0.243 e. The van der Waals surface area contributed by atoms with Gasteiger partial charge in [0, 0.05) is 86.0 Å². The van der Waals surface area contributed by atoms with Crippen molar-refractivity contribution in [1.29, 1.82) is 5.41 Å². The Labute approximate surface area is 408 Å². The Bertz CT molecular complexity index is 2560. The number of hydrogen-bond donors (Lipinski definition) is 12. The number of phenols is 1. The number of carbonyl (C=O) groups is 5. The first-order chi connectivity index (χ1) is 33.9. The molecule has 0 bridgehead atoms. The molecular weight excluding hydrogens is 889 g/mol. The van der Waals surface area contributed by atoms with Crippen molar-refractivity contribution in [2.75, 3.05) is 49.5 Å². The molecule has 7 rings (SSSR count). The molecule has 18 nitrogen and oxygen atoms in total. The number of unbranched alkanes of at least 4 members (excludes halogenated alkanes) is 1. The maximum absolute atomic E-state index is 14.7. The molecule has 5 atom stereocenters. The van der Waals surface area contributed by atoms with E-state index >= 15 is 0 Å². The van der Waals surface area contributed by atoms with Gasteiger partial charge in [0.15, 0.2) is 5.96 Å². The summed E-state index contributed by atoms with van der Waals surface area (Å²) in [7, 11) is 0. The summed E-state index contributed by atoms with van der Waals surface area (Å²) in [6.45, 7) is 3.54. The first-order valence-corrected chi connectivity index (χ1v) is 24.2. The van der Waals surface area contributed by atoms with Crippen molar-refractivity contribution in [2.24, 2.45) is 17.4 Å². The first-order valence-electron chi connectivity index (χ1n) is 24.2. The van der Waals surface area contributed by atoms with Gasteiger partial charge in [-0.1, -0.05) is 61.0 Å². The Balaban J connectivity index is 1.10. The number of aromatic nitrogens is 1. The lowest BCUT2D eigenvalue weighted by atomic mass is 9.85. The number of amides is 5. The minimum atomic E-state index is -1.23. The molecule has 1 saturated carbocycles. The van der Waals surface area contributed by atoms with Gasteiger partial charge in [0.05, 0.1) is 6.54 Å². The van der Waals surface area contributed by atoms with E-state index in [-0.39, 0.29) is 49.5 Å². The van der Waals surface area contributed by atoms with Gasteiger partial charge in [-0.15, -0.1) is 0 Å². The zero-order valence-corrected chi connectivity index (χ0v) is 39.4. The second-order valence-electron chi connectivity index (χ2n) is 18.2. The van der Waals surface area contributed by atoms with Crippen LogP contribution in [0.3, 0.4) is 0 Å². The van der Waals surface area contributed by atoms with E-state index < -0.39 is 47.7 Å². The van der Waals surface area contributed by atoms with E-state index in [1.165, 1.54) is 0 Å². The lowest BCUT2D eigenvalue weighted by molar-refractivity contribution is -0.134. The summed E-state index contributed by atoms with van der Waals surface area (Å²) < 4.78 is 0. The van der Waals surface area contributed by atoms with Crippen LogP contribution in [0.5, 0.6) is 5.75 Å².